The highest BCUT2D eigenvalue weighted by molar-refractivity contribution is 14.1. The van der Waals surface area contributed by atoms with Gasteiger partial charge in [-0.1, -0.05) is 23.5 Å². The number of rotatable bonds is 2. The van der Waals surface area contributed by atoms with E-state index >= 15 is 0 Å². The first-order valence-corrected chi connectivity index (χ1v) is 7.07. The molecule has 1 aromatic carbocycles. The zero-order chi connectivity index (χ0) is 13.4. The summed E-state index contributed by atoms with van der Waals surface area (Å²) in [6.45, 7) is 0. The van der Waals surface area contributed by atoms with Crippen LogP contribution in [0, 0.1) is 3.57 Å². The molecule has 96 valence electrons. The first kappa shape index (κ1) is 12.4. The van der Waals surface area contributed by atoms with Crippen molar-refractivity contribution in [3.8, 4) is 10.6 Å². The van der Waals surface area contributed by atoms with Crippen LogP contribution in [0.1, 0.15) is 10.6 Å². The third-order valence-electron chi connectivity index (χ3n) is 2.40. The lowest BCUT2D eigenvalue weighted by Crippen LogP contribution is -2.31. The third kappa shape index (κ3) is 2.19. The van der Waals surface area contributed by atoms with Gasteiger partial charge >= 0.3 is 5.91 Å². The van der Waals surface area contributed by atoms with Crippen LogP contribution in [0.4, 0.5) is 0 Å². The normalized spacial score (nSPS) is 10.8. The van der Waals surface area contributed by atoms with Crippen molar-refractivity contribution < 1.29 is 4.79 Å². The minimum absolute atomic E-state index is 0.0747. The van der Waals surface area contributed by atoms with E-state index in [-0.39, 0.29) is 5.82 Å². The van der Waals surface area contributed by atoms with E-state index < -0.39 is 5.91 Å². The number of aromatic nitrogens is 4. The van der Waals surface area contributed by atoms with E-state index in [1.807, 2.05) is 29.7 Å². The summed E-state index contributed by atoms with van der Waals surface area (Å²) in [5, 5.41) is 12.8. The number of benzene rings is 1. The number of amides is 1. The topological polar surface area (TPSA) is 98.2 Å². The molecule has 0 saturated heterocycles. The Balaban J connectivity index is 2.12. The molecule has 3 rings (SSSR count). The van der Waals surface area contributed by atoms with Gasteiger partial charge in [0.1, 0.15) is 5.01 Å². The Hall–Kier alpha value is -1.59. The fourth-order valence-corrected chi connectivity index (χ4v) is 2.94. The standard InChI is InChI=1S/C10H7IN6OS/c11-6-3-1-2-5(4-6)9-16-17-7(8(18)13-12)14-15-10(17)19-9/h1-4H,12H2,(H,13,18). The summed E-state index contributed by atoms with van der Waals surface area (Å²) in [4.78, 5) is 12.0. The molecule has 0 aliphatic rings. The minimum atomic E-state index is -0.521. The summed E-state index contributed by atoms with van der Waals surface area (Å²) in [5.74, 6) is 4.64. The first-order valence-electron chi connectivity index (χ1n) is 5.18. The van der Waals surface area contributed by atoms with Crippen molar-refractivity contribution in [2.24, 2.45) is 5.84 Å². The fourth-order valence-electron chi connectivity index (χ4n) is 1.56. The molecular weight excluding hydrogens is 379 g/mol. The van der Waals surface area contributed by atoms with E-state index in [1.54, 1.807) is 0 Å². The molecule has 9 heteroatoms. The quantitative estimate of drug-likeness (QED) is 0.297. The van der Waals surface area contributed by atoms with Gasteiger partial charge in [0, 0.05) is 9.13 Å². The Bertz CT molecular complexity index is 766. The maximum Gasteiger partial charge on any atom is 0.304 e. The number of carbonyl (C=O) groups excluding carboxylic acids is 1. The molecule has 3 aromatic rings. The summed E-state index contributed by atoms with van der Waals surface area (Å²) in [5.41, 5.74) is 2.99. The van der Waals surface area contributed by atoms with Crippen LogP contribution in [0.15, 0.2) is 24.3 Å². The minimum Gasteiger partial charge on any atom is -0.287 e. The molecule has 0 unspecified atom stereocenters. The molecule has 0 aliphatic heterocycles. The molecule has 0 radical (unpaired) electrons. The van der Waals surface area contributed by atoms with Gasteiger partial charge in [-0.25, -0.2) is 5.84 Å². The number of hydrazine groups is 1. The predicted octanol–water partition coefficient (Wildman–Crippen LogP) is 1.06. The average molecular weight is 386 g/mol. The second-order valence-electron chi connectivity index (χ2n) is 3.61. The van der Waals surface area contributed by atoms with Crippen molar-refractivity contribution in [3.05, 3.63) is 33.7 Å². The van der Waals surface area contributed by atoms with E-state index in [4.69, 9.17) is 5.84 Å². The molecule has 0 atom stereocenters. The Morgan fingerprint density at radius 2 is 2.26 bits per heavy atom. The van der Waals surface area contributed by atoms with E-state index in [0.717, 1.165) is 14.1 Å². The molecule has 7 nitrogen and oxygen atoms in total. The Labute approximate surface area is 124 Å². The van der Waals surface area contributed by atoms with Crippen molar-refractivity contribution in [2.75, 3.05) is 0 Å². The van der Waals surface area contributed by atoms with Crippen LogP contribution >= 0.6 is 33.9 Å². The largest absolute Gasteiger partial charge is 0.304 e. The molecule has 2 heterocycles. The lowest BCUT2D eigenvalue weighted by atomic mass is 10.2. The van der Waals surface area contributed by atoms with Crippen molar-refractivity contribution >= 4 is 44.8 Å². The third-order valence-corrected chi connectivity index (χ3v) is 4.02. The zero-order valence-electron chi connectivity index (χ0n) is 9.37. The highest BCUT2D eigenvalue weighted by Gasteiger charge is 2.17. The summed E-state index contributed by atoms with van der Waals surface area (Å²) in [6.07, 6.45) is 0. The van der Waals surface area contributed by atoms with E-state index in [0.29, 0.717) is 4.96 Å². The molecule has 0 aliphatic carbocycles. The van der Waals surface area contributed by atoms with Gasteiger partial charge in [-0.2, -0.15) is 9.61 Å². The van der Waals surface area contributed by atoms with E-state index in [9.17, 15) is 4.79 Å². The van der Waals surface area contributed by atoms with Crippen LogP contribution in [0.2, 0.25) is 0 Å². The van der Waals surface area contributed by atoms with E-state index in [2.05, 4.69) is 37.9 Å². The number of nitrogens with zero attached hydrogens (tertiary/aromatic N) is 4. The van der Waals surface area contributed by atoms with Crippen LogP contribution in [0.25, 0.3) is 15.5 Å². The molecule has 0 saturated carbocycles. The number of fused-ring (bicyclic) bond motifs is 1. The Morgan fingerprint density at radius 1 is 1.42 bits per heavy atom. The molecule has 0 spiro atoms. The lowest BCUT2D eigenvalue weighted by molar-refractivity contribution is 0.0941. The molecule has 0 fully saturated rings. The van der Waals surface area contributed by atoms with Crippen molar-refractivity contribution in [3.63, 3.8) is 0 Å². The van der Waals surface area contributed by atoms with Crippen molar-refractivity contribution in [2.45, 2.75) is 0 Å². The van der Waals surface area contributed by atoms with Gasteiger partial charge in [-0.05, 0) is 34.7 Å². The number of nitrogen functional groups attached to an aromatic ring is 1. The summed E-state index contributed by atoms with van der Waals surface area (Å²) < 4.78 is 2.50. The van der Waals surface area contributed by atoms with Gasteiger partial charge in [0.05, 0.1) is 0 Å². The average Bonchev–Trinajstić information content (AvgIpc) is 2.97. The van der Waals surface area contributed by atoms with Gasteiger partial charge in [0.2, 0.25) is 10.8 Å². The van der Waals surface area contributed by atoms with Crippen LogP contribution in [-0.2, 0) is 0 Å². The molecular formula is C10H7IN6OS. The molecule has 0 bridgehead atoms. The highest BCUT2D eigenvalue weighted by atomic mass is 127. The van der Waals surface area contributed by atoms with Crippen LogP contribution in [0.5, 0.6) is 0 Å². The highest BCUT2D eigenvalue weighted by Crippen LogP contribution is 2.26. The van der Waals surface area contributed by atoms with Crippen molar-refractivity contribution in [1.82, 2.24) is 25.2 Å². The number of hydrogen-bond acceptors (Lipinski definition) is 6. The van der Waals surface area contributed by atoms with Gasteiger partial charge in [0.15, 0.2) is 0 Å². The number of nitrogens with two attached hydrogens (primary N) is 1. The van der Waals surface area contributed by atoms with Gasteiger partial charge < -0.3 is 0 Å². The van der Waals surface area contributed by atoms with Gasteiger partial charge in [-0.3, -0.25) is 10.2 Å². The zero-order valence-corrected chi connectivity index (χ0v) is 12.3. The molecule has 19 heavy (non-hydrogen) atoms. The number of hydrogen-bond donors (Lipinski definition) is 2. The van der Waals surface area contributed by atoms with Crippen LogP contribution in [0.3, 0.4) is 0 Å². The number of nitrogens with one attached hydrogen (secondary N) is 1. The van der Waals surface area contributed by atoms with E-state index in [1.165, 1.54) is 15.9 Å². The Kier molecular flexibility index (Phi) is 3.16. The van der Waals surface area contributed by atoms with Gasteiger partial charge in [-0.15, -0.1) is 10.2 Å². The maximum absolute atomic E-state index is 11.5. The first-order chi connectivity index (χ1) is 9.19. The smallest absolute Gasteiger partial charge is 0.287 e. The number of carbonyl (C=O) groups is 1. The van der Waals surface area contributed by atoms with Crippen LogP contribution < -0.4 is 11.3 Å². The van der Waals surface area contributed by atoms with Crippen molar-refractivity contribution in [1.29, 1.82) is 0 Å². The molecule has 3 N–H and O–H groups in total. The summed E-state index contributed by atoms with van der Waals surface area (Å²) in [7, 11) is 0. The maximum atomic E-state index is 11.5. The number of halogens is 1. The van der Waals surface area contributed by atoms with Crippen LogP contribution in [-0.4, -0.2) is 25.7 Å². The SMILES string of the molecule is NNC(=O)c1nnc2sc(-c3cccc(I)c3)nn12. The second kappa shape index (κ2) is 4.83. The predicted molar refractivity (Wildman–Crippen MR) is 78.5 cm³/mol. The summed E-state index contributed by atoms with van der Waals surface area (Å²) in [6, 6.07) is 7.91. The molecule has 1 amide bonds. The summed E-state index contributed by atoms with van der Waals surface area (Å²) >= 11 is 3.60. The molecule has 2 aromatic heterocycles. The monoisotopic (exact) mass is 386 g/mol. The Morgan fingerprint density at radius 3 is 3.00 bits per heavy atom. The second-order valence-corrected chi connectivity index (χ2v) is 5.81. The fraction of sp³-hybridized carbons (Fsp3) is 0. The van der Waals surface area contributed by atoms with Gasteiger partial charge in [0.25, 0.3) is 0 Å². The lowest BCUT2D eigenvalue weighted by Gasteiger charge is -1.96.